The van der Waals surface area contributed by atoms with E-state index < -0.39 is 0 Å². The molecule has 2 N–H and O–H groups in total. The Morgan fingerprint density at radius 1 is 1.18 bits per heavy atom. The molecule has 96 valence electrons. The van der Waals surface area contributed by atoms with Gasteiger partial charge in [-0.3, -0.25) is 0 Å². The Morgan fingerprint density at radius 3 is 2.71 bits per heavy atom. The molecule has 0 bridgehead atoms. The Hall–Kier alpha value is 0.0700. The predicted octanol–water partition coefficient (Wildman–Crippen LogP) is 3.20. The van der Waals surface area contributed by atoms with E-state index >= 15 is 0 Å². The van der Waals surface area contributed by atoms with Crippen molar-refractivity contribution in [2.75, 3.05) is 24.7 Å². The third-order valence-corrected chi connectivity index (χ3v) is 3.99. The van der Waals surface area contributed by atoms with E-state index in [1.54, 1.807) is 0 Å². The SMILES string of the molecule is OCCCSCCNCc1ccc(Cl)c(Cl)c1. The van der Waals surface area contributed by atoms with Crippen LogP contribution in [-0.2, 0) is 6.54 Å². The molecule has 0 saturated carbocycles. The lowest BCUT2D eigenvalue weighted by Gasteiger charge is -2.06. The highest BCUT2D eigenvalue weighted by Gasteiger charge is 1.99. The molecular formula is C12H17Cl2NOS. The minimum atomic E-state index is 0.281. The monoisotopic (exact) mass is 293 g/mol. The lowest BCUT2D eigenvalue weighted by Crippen LogP contribution is -2.16. The quantitative estimate of drug-likeness (QED) is 0.722. The van der Waals surface area contributed by atoms with Gasteiger partial charge < -0.3 is 10.4 Å². The van der Waals surface area contributed by atoms with E-state index in [1.807, 2.05) is 30.0 Å². The first-order chi connectivity index (χ1) is 8.24. The van der Waals surface area contributed by atoms with Crippen molar-refractivity contribution >= 4 is 35.0 Å². The number of hydrogen-bond donors (Lipinski definition) is 2. The van der Waals surface area contributed by atoms with Crippen LogP contribution < -0.4 is 5.32 Å². The largest absolute Gasteiger partial charge is 0.396 e. The number of rotatable bonds is 8. The molecule has 0 aliphatic rings. The van der Waals surface area contributed by atoms with Crippen LogP contribution in [0.3, 0.4) is 0 Å². The van der Waals surface area contributed by atoms with E-state index in [9.17, 15) is 0 Å². The fraction of sp³-hybridized carbons (Fsp3) is 0.500. The Bertz CT molecular complexity index is 336. The number of benzene rings is 1. The smallest absolute Gasteiger partial charge is 0.0595 e. The Labute approximate surface area is 117 Å². The van der Waals surface area contributed by atoms with Crippen LogP contribution in [0.2, 0.25) is 10.0 Å². The van der Waals surface area contributed by atoms with Crippen molar-refractivity contribution < 1.29 is 5.11 Å². The second-order valence-corrected chi connectivity index (χ2v) is 5.65. The topological polar surface area (TPSA) is 32.3 Å². The van der Waals surface area contributed by atoms with Gasteiger partial charge in [-0.15, -0.1) is 0 Å². The van der Waals surface area contributed by atoms with Crippen molar-refractivity contribution in [3.05, 3.63) is 33.8 Å². The van der Waals surface area contributed by atoms with E-state index in [0.29, 0.717) is 10.0 Å². The lowest BCUT2D eigenvalue weighted by molar-refractivity contribution is 0.296. The van der Waals surface area contributed by atoms with Gasteiger partial charge in [0.25, 0.3) is 0 Å². The summed E-state index contributed by atoms with van der Waals surface area (Å²) in [6.07, 6.45) is 0.872. The van der Waals surface area contributed by atoms with E-state index in [0.717, 1.165) is 36.6 Å². The molecule has 2 nitrogen and oxygen atoms in total. The summed E-state index contributed by atoms with van der Waals surface area (Å²) < 4.78 is 0. The fourth-order valence-electron chi connectivity index (χ4n) is 1.30. The first kappa shape index (κ1) is 15.1. The van der Waals surface area contributed by atoms with Crippen molar-refractivity contribution in [3.8, 4) is 0 Å². The normalized spacial score (nSPS) is 10.8. The summed E-state index contributed by atoms with van der Waals surface area (Å²) in [5.41, 5.74) is 1.14. The van der Waals surface area contributed by atoms with Crippen molar-refractivity contribution in [1.82, 2.24) is 5.32 Å². The summed E-state index contributed by atoms with van der Waals surface area (Å²) in [6, 6.07) is 5.67. The van der Waals surface area contributed by atoms with Gasteiger partial charge in [0.15, 0.2) is 0 Å². The summed E-state index contributed by atoms with van der Waals surface area (Å²) in [5.74, 6) is 2.08. The van der Waals surface area contributed by atoms with E-state index in [-0.39, 0.29) is 6.61 Å². The zero-order valence-electron chi connectivity index (χ0n) is 9.59. The van der Waals surface area contributed by atoms with Crippen molar-refractivity contribution in [2.24, 2.45) is 0 Å². The predicted molar refractivity (Wildman–Crippen MR) is 77.2 cm³/mol. The lowest BCUT2D eigenvalue weighted by atomic mass is 10.2. The summed E-state index contributed by atoms with van der Waals surface area (Å²) >= 11 is 13.6. The molecular weight excluding hydrogens is 277 g/mol. The highest BCUT2D eigenvalue weighted by Crippen LogP contribution is 2.22. The molecule has 0 spiro atoms. The molecule has 0 atom stereocenters. The molecule has 0 aromatic heterocycles. The molecule has 0 fully saturated rings. The minimum absolute atomic E-state index is 0.281. The maximum atomic E-state index is 8.61. The maximum absolute atomic E-state index is 8.61. The van der Waals surface area contributed by atoms with Gasteiger partial charge in [-0.25, -0.2) is 0 Å². The fourth-order valence-corrected chi connectivity index (χ4v) is 2.44. The average Bonchev–Trinajstić information content (AvgIpc) is 2.32. The standard InChI is InChI=1S/C12H17Cl2NOS/c13-11-3-2-10(8-12(11)14)9-15-4-7-17-6-1-5-16/h2-3,8,15-16H,1,4-7,9H2. The molecule has 0 radical (unpaired) electrons. The van der Waals surface area contributed by atoms with Crippen LogP contribution in [0.15, 0.2) is 18.2 Å². The van der Waals surface area contributed by atoms with Gasteiger partial charge in [-0.05, 0) is 29.9 Å². The third-order valence-electron chi connectivity index (χ3n) is 2.18. The highest BCUT2D eigenvalue weighted by atomic mass is 35.5. The van der Waals surface area contributed by atoms with Crippen molar-refractivity contribution in [2.45, 2.75) is 13.0 Å². The molecule has 1 aromatic carbocycles. The Balaban J connectivity index is 2.11. The van der Waals surface area contributed by atoms with Crippen LogP contribution in [0.4, 0.5) is 0 Å². The van der Waals surface area contributed by atoms with Gasteiger partial charge in [0.1, 0.15) is 0 Å². The van der Waals surface area contributed by atoms with Gasteiger partial charge in [0, 0.05) is 25.4 Å². The van der Waals surface area contributed by atoms with Crippen molar-refractivity contribution in [3.63, 3.8) is 0 Å². The minimum Gasteiger partial charge on any atom is -0.396 e. The molecule has 0 aliphatic heterocycles. The molecule has 5 heteroatoms. The summed E-state index contributed by atoms with van der Waals surface area (Å²) in [6.45, 7) is 2.04. The molecule has 0 amide bonds. The first-order valence-corrected chi connectivity index (χ1v) is 7.48. The van der Waals surface area contributed by atoms with Crippen LogP contribution in [0.1, 0.15) is 12.0 Å². The van der Waals surface area contributed by atoms with Gasteiger partial charge in [-0.2, -0.15) is 11.8 Å². The molecule has 1 aromatic rings. The number of hydrogen-bond acceptors (Lipinski definition) is 3. The molecule has 0 unspecified atom stereocenters. The van der Waals surface area contributed by atoms with E-state index in [2.05, 4.69) is 5.32 Å². The van der Waals surface area contributed by atoms with Gasteiger partial charge in [-0.1, -0.05) is 29.3 Å². The number of aliphatic hydroxyl groups is 1. The average molecular weight is 294 g/mol. The number of thioether (sulfide) groups is 1. The zero-order valence-corrected chi connectivity index (χ0v) is 11.9. The summed E-state index contributed by atoms with van der Waals surface area (Å²) in [7, 11) is 0. The third kappa shape index (κ3) is 6.53. The molecule has 0 saturated heterocycles. The highest BCUT2D eigenvalue weighted by molar-refractivity contribution is 7.99. The molecule has 0 heterocycles. The maximum Gasteiger partial charge on any atom is 0.0595 e. The van der Waals surface area contributed by atoms with E-state index in [1.165, 1.54) is 0 Å². The molecule has 1 rings (SSSR count). The zero-order chi connectivity index (χ0) is 12.5. The Kier molecular flexibility index (Phi) is 8.06. The van der Waals surface area contributed by atoms with Crippen LogP contribution in [0.5, 0.6) is 0 Å². The van der Waals surface area contributed by atoms with Crippen molar-refractivity contribution in [1.29, 1.82) is 0 Å². The molecule has 17 heavy (non-hydrogen) atoms. The van der Waals surface area contributed by atoms with Gasteiger partial charge >= 0.3 is 0 Å². The van der Waals surface area contributed by atoms with Crippen LogP contribution >= 0.6 is 35.0 Å². The van der Waals surface area contributed by atoms with Gasteiger partial charge in [0.05, 0.1) is 10.0 Å². The van der Waals surface area contributed by atoms with Crippen LogP contribution in [0, 0.1) is 0 Å². The summed E-state index contributed by atoms with van der Waals surface area (Å²) in [4.78, 5) is 0. The van der Waals surface area contributed by atoms with Crippen LogP contribution in [-0.4, -0.2) is 29.8 Å². The Morgan fingerprint density at radius 2 is 2.00 bits per heavy atom. The first-order valence-electron chi connectivity index (χ1n) is 5.57. The van der Waals surface area contributed by atoms with E-state index in [4.69, 9.17) is 28.3 Å². The second-order valence-electron chi connectivity index (χ2n) is 3.61. The summed E-state index contributed by atoms with van der Waals surface area (Å²) in [5, 5.41) is 13.1. The van der Waals surface area contributed by atoms with Crippen LogP contribution in [0.25, 0.3) is 0 Å². The van der Waals surface area contributed by atoms with Gasteiger partial charge in [0.2, 0.25) is 0 Å². The molecule has 0 aliphatic carbocycles. The number of halogens is 2. The second kappa shape index (κ2) is 9.06. The number of nitrogens with one attached hydrogen (secondary N) is 1. The number of aliphatic hydroxyl groups excluding tert-OH is 1.